The lowest BCUT2D eigenvalue weighted by molar-refractivity contribution is -0.121. The zero-order chi connectivity index (χ0) is 20.7. The minimum atomic E-state index is -3.90. The number of nitrogens with one attached hydrogen (secondary N) is 1. The summed E-state index contributed by atoms with van der Waals surface area (Å²) in [5.41, 5.74) is 3.84. The number of hydrogen-bond acceptors (Lipinski definition) is 6. The van der Waals surface area contributed by atoms with E-state index < -0.39 is 15.9 Å². The molecule has 28 heavy (non-hydrogen) atoms. The second kappa shape index (κ2) is 9.34. The molecule has 0 aliphatic carbocycles. The van der Waals surface area contributed by atoms with Crippen LogP contribution in [0.5, 0.6) is 11.5 Å². The van der Waals surface area contributed by atoms with E-state index in [-0.39, 0.29) is 17.2 Å². The fraction of sp³-hybridized carbons (Fsp3) is 0.263. The Labute approximate surface area is 164 Å². The molecule has 150 valence electrons. The fourth-order valence-corrected chi connectivity index (χ4v) is 3.71. The molecule has 0 saturated heterocycles. The number of methoxy groups -OCH3 is 2. The number of rotatable bonds is 8. The molecule has 0 saturated carbocycles. The number of benzene rings is 2. The van der Waals surface area contributed by atoms with Gasteiger partial charge in [-0.15, -0.1) is 0 Å². The van der Waals surface area contributed by atoms with Gasteiger partial charge in [-0.25, -0.2) is 13.8 Å². The first-order valence-corrected chi connectivity index (χ1v) is 9.79. The molecule has 0 bridgehead atoms. The second-order valence-electron chi connectivity index (χ2n) is 5.98. The average Bonchev–Trinajstić information content (AvgIpc) is 2.68. The van der Waals surface area contributed by atoms with Crippen molar-refractivity contribution in [3.8, 4) is 11.5 Å². The van der Waals surface area contributed by atoms with Gasteiger partial charge >= 0.3 is 0 Å². The van der Waals surface area contributed by atoms with Crippen molar-refractivity contribution in [3.63, 3.8) is 0 Å². The number of hydrazone groups is 1. The van der Waals surface area contributed by atoms with E-state index in [4.69, 9.17) is 9.47 Å². The lowest BCUT2D eigenvalue weighted by atomic mass is 10.2. The predicted octanol–water partition coefficient (Wildman–Crippen LogP) is 1.78. The maximum atomic E-state index is 12.8. The molecule has 0 radical (unpaired) electrons. The Morgan fingerprint density at radius 2 is 1.82 bits per heavy atom. The van der Waals surface area contributed by atoms with Crippen LogP contribution < -0.4 is 14.9 Å². The third-order valence-electron chi connectivity index (χ3n) is 3.89. The van der Waals surface area contributed by atoms with Crippen LogP contribution in [0.25, 0.3) is 0 Å². The van der Waals surface area contributed by atoms with Gasteiger partial charge in [0.2, 0.25) is 10.0 Å². The quantitative estimate of drug-likeness (QED) is 0.533. The first-order chi connectivity index (χ1) is 13.3. The molecule has 0 unspecified atom stereocenters. The number of carbonyl (C=O) groups is 1. The van der Waals surface area contributed by atoms with Gasteiger partial charge in [-0.1, -0.05) is 6.07 Å². The summed E-state index contributed by atoms with van der Waals surface area (Å²) in [5, 5.41) is 3.84. The molecule has 1 N–H and O–H groups in total. The second-order valence-corrected chi connectivity index (χ2v) is 8.00. The number of sulfonamides is 1. The Bertz CT molecular complexity index is 956. The zero-order valence-corrected chi connectivity index (χ0v) is 17.0. The van der Waals surface area contributed by atoms with Gasteiger partial charge < -0.3 is 9.47 Å². The molecule has 0 heterocycles. The van der Waals surface area contributed by atoms with Crippen molar-refractivity contribution in [2.24, 2.45) is 5.10 Å². The minimum Gasteiger partial charge on any atom is -0.497 e. The van der Waals surface area contributed by atoms with Gasteiger partial charge in [0.25, 0.3) is 5.91 Å². The van der Waals surface area contributed by atoms with Gasteiger partial charge in [-0.05, 0) is 54.4 Å². The SMILES string of the molecule is COc1ccc(C=NNC(=O)CN(C)S(=O)(=O)c2cc(C)ccc2OC)cc1. The summed E-state index contributed by atoms with van der Waals surface area (Å²) in [7, 11) is 0.384. The van der Waals surface area contributed by atoms with Crippen molar-refractivity contribution in [3.05, 3.63) is 53.6 Å². The van der Waals surface area contributed by atoms with Crippen molar-refractivity contribution in [2.45, 2.75) is 11.8 Å². The van der Waals surface area contributed by atoms with Crippen molar-refractivity contribution >= 4 is 22.1 Å². The smallest absolute Gasteiger partial charge is 0.255 e. The molecule has 2 aromatic carbocycles. The number of carbonyl (C=O) groups excluding carboxylic acids is 1. The molecule has 2 rings (SSSR count). The summed E-state index contributed by atoms with van der Waals surface area (Å²) in [6.07, 6.45) is 1.45. The topological polar surface area (TPSA) is 97.3 Å². The van der Waals surface area contributed by atoms with Gasteiger partial charge in [0.05, 0.1) is 27.0 Å². The summed E-state index contributed by atoms with van der Waals surface area (Å²) in [6.45, 7) is 1.39. The average molecular weight is 405 g/mol. The number of amides is 1. The van der Waals surface area contributed by atoms with Crippen LogP contribution in [0.15, 0.2) is 52.5 Å². The lowest BCUT2D eigenvalue weighted by Crippen LogP contribution is -2.36. The molecular weight excluding hydrogens is 382 g/mol. The molecule has 9 heteroatoms. The number of aryl methyl sites for hydroxylation is 1. The molecule has 0 spiro atoms. The van der Waals surface area contributed by atoms with Crippen molar-refractivity contribution in [1.82, 2.24) is 9.73 Å². The predicted molar refractivity (Wildman–Crippen MR) is 106 cm³/mol. The van der Waals surface area contributed by atoms with E-state index in [1.54, 1.807) is 50.4 Å². The molecule has 0 aliphatic heterocycles. The van der Waals surface area contributed by atoms with Crippen LogP contribution in [0.4, 0.5) is 0 Å². The Morgan fingerprint density at radius 3 is 2.43 bits per heavy atom. The maximum absolute atomic E-state index is 12.8. The summed E-state index contributed by atoms with van der Waals surface area (Å²) in [5.74, 6) is 0.359. The monoisotopic (exact) mass is 405 g/mol. The van der Waals surface area contributed by atoms with Crippen LogP contribution in [0.1, 0.15) is 11.1 Å². The third kappa shape index (κ3) is 5.30. The summed E-state index contributed by atoms with van der Waals surface area (Å²) < 4.78 is 36.7. The van der Waals surface area contributed by atoms with E-state index in [0.29, 0.717) is 5.75 Å². The van der Waals surface area contributed by atoms with Crippen LogP contribution in [0, 0.1) is 6.92 Å². The van der Waals surface area contributed by atoms with Crippen molar-refractivity contribution in [1.29, 1.82) is 0 Å². The Morgan fingerprint density at radius 1 is 1.14 bits per heavy atom. The molecule has 2 aromatic rings. The van der Waals surface area contributed by atoms with Crippen molar-refractivity contribution < 1.29 is 22.7 Å². The number of ether oxygens (including phenoxy) is 2. The summed E-state index contributed by atoms with van der Waals surface area (Å²) in [4.78, 5) is 12.1. The maximum Gasteiger partial charge on any atom is 0.255 e. The van der Waals surface area contributed by atoms with Crippen molar-refractivity contribution in [2.75, 3.05) is 27.8 Å². The van der Waals surface area contributed by atoms with Gasteiger partial charge in [0, 0.05) is 7.05 Å². The first-order valence-electron chi connectivity index (χ1n) is 8.35. The molecular formula is C19H23N3O5S. The highest BCUT2D eigenvalue weighted by Crippen LogP contribution is 2.27. The molecule has 1 amide bonds. The number of hydrogen-bond donors (Lipinski definition) is 1. The first kappa shape index (κ1) is 21.4. The number of likely N-dealkylation sites (N-methyl/N-ethyl adjacent to an activating group) is 1. The Balaban J connectivity index is 2.02. The standard InChI is InChI=1S/C19H23N3O5S/c1-14-5-10-17(27-4)18(11-14)28(24,25)22(2)13-19(23)21-20-12-15-6-8-16(26-3)9-7-15/h5-12H,13H2,1-4H3,(H,21,23). The van der Waals surface area contributed by atoms with Gasteiger partial charge in [-0.3, -0.25) is 4.79 Å². The highest BCUT2D eigenvalue weighted by Gasteiger charge is 2.26. The van der Waals surface area contributed by atoms with Crippen LogP contribution in [-0.4, -0.2) is 52.7 Å². The van der Waals surface area contributed by atoms with Gasteiger partial charge in [0.15, 0.2) is 0 Å². The van der Waals surface area contributed by atoms with Gasteiger partial charge in [0.1, 0.15) is 16.4 Å². The molecule has 0 aromatic heterocycles. The van der Waals surface area contributed by atoms with E-state index in [1.165, 1.54) is 26.4 Å². The Hall–Kier alpha value is -2.91. The summed E-state index contributed by atoms with van der Waals surface area (Å²) in [6, 6.07) is 11.9. The lowest BCUT2D eigenvalue weighted by Gasteiger charge is -2.18. The number of nitrogens with zero attached hydrogens (tertiary/aromatic N) is 2. The molecule has 8 nitrogen and oxygen atoms in total. The van der Waals surface area contributed by atoms with Crippen LogP contribution in [0.2, 0.25) is 0 Å². The zero-order valence-electron chi connectivity index (χ0n) is 16.2. The van der Waals surface area contributed by atoms with Crippen LogP contribution in [0.3, 0.4) is 0 Å². The highest BCUT2D eigenvalue weighted by atomic mass is 32.2. The van der Waals surface area contributed by atoms with E-state index in [0.717, 1.165) is 15.4 Å². The van der Waals surface area contributed by atoms with Crippen LogP contribution >= 0.6 is 0 Å². The van der Waals surface area contributed by atoms with E-state index >= 15 is 0 Å². The van der Waals surface area contributed by atoms with Gasteiger partial charge in [-0.2, -0.15) is 9.41 Å². The molecule has 0 fully saturated rings. The fourth-order valence-electron chi connectivity index (χ4n) is 2.34. The normalized spacial score (nSPS) is 11.6. The highest BCUT2D eigenvalue weighted by molar-refractivity contribution is 7.89. The third-order valence-corrected chi connectivity index (χ3v) is 5.72. The molecule has 0 aliphatic rings. The summed E-state index contributed by atoms with van der Waals surface area (Å²) >= 11 is 0. The van der Waals surface area contributed by atoms with Crippen LogP contribution in [-0.2, 0) is 14.8 Å². The molecule has 0 atom stereocenters. The van der Waals surface area contributed by atoms with E-state index in [9.17, 15) is 13.2 Å². The Kier molecular flexibility index (Phi) is 7.13. The van der Waals surface area contributed by atoms with E-state index in [2.05, 4.69) is 10.5 Å². The van der Waals surface area contributed by atoms with E-state index in [1.807, 2.05) is 0 Å². The largest absolute Gasteiger partial charge is 0.497 e. The minimum absolute atomic E-state index is 0.00651.